The molecule has 3 N–H and O–H groups in total. The first-order chi connectivity index (χ1) is 8.83. The summed E-state index contributed by atoms with van der Waals surface area (Å²) in [5.74, 6) is 1.17. The predicted molar refractivity (Wildman–Crippen MR) is 68.4 cm³/mol. The Kier molecular flexibility index (Phi) is 3.19. The van der Waals surface area contributed by atoms with Crippen LogP contribution in [0.25, 0.3) is 0 Å². The summed E-state index contributed by atoms with van der Waals surface area (Å²) in [5, 5.41) is 14.0. The predicted octanol–water partition coefficient (Wildman–Crippen LogP) is 0.108. The second-order valence-corrected chi connectivity index (χ2v) is 5.01. The lowest BCUT2D eigenvalue weighted by molar-refractivity contribution is -0.120. The molecule has 6 nitrogen and oxygen atoms in total. The zero-order chi connectivity index (χ0) is 12.4. The second-order valence-electron chi connectivity index (χ2n) is 5.01. The molecule has 0 bridgehead atoms. The van der Waals surface area contributed by atoms with Crippen molar-refractivity contribution in [1.29, 1.82) is 0 Å². The highest BCUT2D eigenvalue weighted by Crippen LogP contribution is 2.20. The standard InChI is InChI=1S/C12H19N5O/c18-12-6-9(2-1-4-14-12)16-11-3-5-15-17(11)10-7-13-8-10/h3,5,9-10,13,16H,1-2,4,6-8H2,(H,14,18). The molecule has 2 fully saturated rings. The number of anilines is 1. The molecule has 18 heavy (non-hydrogen) atoms. The summed E-state index contributed by atoms with van der Waals surface area (Å²) in [7, 11) is 0. The smallest absolute Gasteiger partial charge is 0.222 e. The van der Waals surface area contributed by atoms with Crippen LogP contribution in [0.2, 0.25) is 0 Å². The number of hydrogen-bond donors (Lipinski definition) is 3. The van der Waals surface area contributed by atoms with Gasteiger partial charge in [0, 0.05) is 38.2 Å². The molecule has 0 radical (unpaired) electrons. The van der Waals surface area contributed by atoms with Crippen LogP contribution in [-0.4, -0.2) is 41.4 Å². The molecule has 2 aliphatic heterocycles. The first-order valence-electron chi connectivity index (χ1n) is 6.60. The third-order valence-corrected chi connectivity index (χ3v) is 3.61. The van der Waals surface area contributed by atoms with Crippen LogP contribution in [0.4, 0.5) is 5.82 Å². The monoisotopic (exact) mass is 249 g/mol. The first kappa shape index (κ1) is 11.5. The van der Waals surface area contributed by atoms with E-state index in [0.717, 1.165) is 38.3 Å². The van der Waals surface area contributed by atoms with E-state index in [9.17, 15) is 4.79 Å². The molecule has 3 heterocycles. The maximum atomic E-state index is 11.5. The minimum atomic E-state index is 0.140. The van der Waals surface area contributed by atoms with Crippen LogP contribution >= 0.6 is 0 Å². The van der Waals surface area contributed by atoms with E-state index < -0.39 is 0 Å². The SMILES string of the molecule is O=C1CC(Nc2ccnn2C2CNC2)CCCN1. The Morgan fingerprint density at radius 2 is 2.33 bits per heavy atom. The summed E-state index contributed by atoms with van der Waals surface area (Å²) in [6, 6.07) is 2.65. The molecule has 0 aliphatic carbocycles. The number of carbonyl (C=O) groups excluding carboxylic acids is 1. The Balaban J connectivity index is 1.67. The molecular formula is C12H19N5O. The van der Waals surface area contributed by atoms with Gasteiger partial charge < -0.3 is 16.0 Å². The van der Waals surface area contributed by atoms with Crippen molar-refractivity contribution in [3.8, 4) is 0 Å². The van der Waals surface area contributed by atoms with Crippen LogP contribution in [0.3, 0.4) is 0 Å². The highest BCUT2D eigenvalue weighted by Gasteiger charge is 2.23. The zero-order valence-corrected chi connectivity index (χ0v) is 10.4. The van der Waals surface area contributed by atoms with Gasteiger partial charge in [-0.25, -0.2) is 4.68 Å². The van der Waals surface area contributed by atoms with Crippen molar-refractivity contribution in [3.05, 3.63) is 12.3 Å². The summed E-state index contributed by atoms with van der Waals surface area (Å²) in [6.45, 7) is 2.74. The molecule has 0 saturated carbocycles. The molecule has 2 saturated heterocycles. The van der Waals surface area contributed by atoms with Gasteiger partial charge in [0.15, 0.2) is 0 Å². The topological polar surface area (TPSA) is 71.0 Å². The van der Waals surface area contributed by atoms with Gasteiger partial charge in [-0.3, -0.25) is 4.79 Å². The lowest BCUT2D eigenvalue weighted by Gasteiger charge is -2.29. The molecule has 6 heteroatoms. The van der Waals surface area contributed by atoms with Gasteiger partial charge in [-0.05, 0) is 12.8 Å². The average molecular weight is 249 g/mol. The maximum Gasteiger partial charge on any atom is 0.222 e. The largest absolute Gasteiger partial charge is 0.367 e. The molecule has 1 atom stereocenters. The average Bonchev–Trinajstić information content (AvgIpc) is 2.59. The van der Waals surface area contributed by atoms with E-state index >= 15 is 0 Å². The fraction of sp³-hybridized carbons (Fsp3) is 0.667. The summed E-state index contributed by atoms with van der Waals surface area (Å²) in [5.41, 5.74) is 0. The highest BCUT2D eigenvalue weighted by atomic mass is 16.1. The number of amides is 1. The number of rotatable bonds is 3. The Hall–Kier alpha value is -1.56. The van der Waals surface area contributed by atoms with Crippen molar-refractivity contribution in [2.24, 2.45) is 0 Å². The van der Waals surface area contributed by atoms with E-state index in [-0.39, 0.29) is 11.9 Å². The van der Waals surface area contributed by atoms with Gasteiger partial charge in [0.2, 0.25) is 5.91 Å². The minimum Gasteiger partial charge on any atom is -0.367 e. The van der Waals surface area contributed by atoms with Gasteiger partial charge in [0.25, 0.3) is 0 Å². The van der Waals surface area contributed by atoms with Crippen molar-refractivity contribution < 1.29 is 4.79 Å². The van der Waals surface area contributed by atoms with E-state index in [2.05, 4.69) is 21.0 Å². The number of nitrogens with zero attached hydrogens (tertiary/aromatic N) is 2. The molecule has 98 valence electrons. The molecule has 3 rings (SSSR count). The quantitative estimate of drug-likeness (QED) is 0.711. The Bertz CT molecular complexity index is 426. The lowest BCUT2D eigenvalue weighted by atomic mass is 10.1. The van der Waals surface area contributed by atoms with Crippen LogP contribution in [-0.2, 0) is 4.79 Å². The van der Waals surface area contributed by atoms with E-state index in [1.165, 1.54) is 0 Å². The number of aromatic nitrogens is 2. The Morgan fingerprint density at radius 3 is 3.11 bits per heavy atom. The van der Waals surface area contributed by atoms with E-state index in [4.69, 9.17) is 0 Å². The fourth-order valence-electron chi connectivity index (χ4n) is 2.47. The lowest BCUT2D eigenvalue weighted by Crippen LogP contribution is -2.44. The van der Waals surface area contributed by atoms with Crippen LogP contribution in [0.15, 0.2) is 12.3 Å². The highest BCUT2D eigenvalue weighted by molar-refractivity contribution is 5.77. The zero-order valence-electron chi connectivity index (χ0n) is 10.4. The van der Waals surface area contributed by atoms with Gasteiger partial charge in [0.1, 0.15) is 5.82 Å². The number of nitrogens with one attached hydrogen (secondary N) is 3. The fourth-order valence-corrected chi connectivity index (χ4v) is 2.47. The van der Waals surface area contributed by atoms with Crippen LogP contribution < -0.4 is 16.0 Å². The molecule has 2 aliphatic rings. The molecule has 0 spiro atoms. The van der Waals surface area contributed by atoms with Gasteiger partial charge in [0.05, 0.1) is 12.2 Å². The molecule has 0 aromatic carbocycles. The molecular weight excluding hydrogens is 230 g/mol. The molecule has 1 amide bonds. The Morgan fingerprint density at radius 1 is 1.44 bits per heavy atom. The minimum absolute atomic E-state index is 0.140. The number of carbonyl (C=O) groups is 1. The van der Waals surface area contributed by atoms with Crippen LogP contribution in [0.1, 0.15) is 25.3 Å². The van der Waals surface area contributed by atoms with Gasteiger partial charge >= 0.3 is 0 Å². The maximum absolute atomic E-state index is 11.5. The van der Waals surface area contributed by atoms with Gasteiger partial charge in [-0.15, -0.1) is 0 Å². The van der Waals surface area contributed by atoms with Crippen molar-refractivity contribution in [2.45, 2.75) is 31.3 Å². The molecule has 1 aromatic heterocycles. The number of hydrogen-bond acceptors (Lipinski definition) is 4. The summed E-state index contributed by atoms with van der Waals surface area (Å²) < 4.78 is 2.03. The van der Waals surface area contributed by atoms with Crippen molar-refractivity contribution in [1.82, 2.24) is 20.4 Å². The third-order valence-electron chi connectivity index (χ3n) is 3.61. The van der Waals surface area contributed by atoms with Crippen LogP contribution in [0, 0.1) is 0 Å². The molecule has 1 aromatic rings. The summed E-state index contributed by atoms with van der Waals surface area (Å²) in [6.07, 6.45) is 4.42. The molecule has 1 unspecified atom stereocenters. The van der Waals surface area contributed by atoms with E-state index in [1.54, 1.807) is 0 Å². The van der Waals surface area contributed by atoms with Crippen LogP contribution in [0.5, 0.6) is 0 Å². The van der Waals surface area contributed by atoms with Crippen molar-refractivity contribution in [2.75, 3.05) is 25.0 Å². The van der Waals surface area contributed by atoms with E-state index in [1.807, 2.05) is 16.9 Å². The second kappa shape index (κ2) is 4.97. The first-order valence-corrected chi connectivity index (χ1v) is 6.60. The van der Waals surface area contributed by atoms with Crippen molar-refractivity contribution in [3.63, 3.8) is 0 Å². The van der Waals surface area contributed by atoms with Crippen molar-refractivity contribution >= 4 is 11.7 Å². The normalized spacial score (nSPS) is 25.1. The Labute approximate surface area is 106 Å². The summed E-state index contributed by atoms with van der Waals surface area (Å²) >= 11 is 0. The third kappa shape index (κ3) is 2.33. The van der Waals surface area contributed by atoms with Gasteiger partial charge in [-0.1, -0.05) is 0 Å². The summed E-state index contributed by atoms with van der Waals surface area (Å²) in [4.78, 5) is 11.5. The van der Waals surface area contributed by atoms with E-state index in [0.29, 0.717) is 12.5 Å². The van der Waals surface area contributed by atoms with Gasteiger partial charge in [-0.2, -0.15) is 5.10 Å².